The van der Waals surface area contributed by atoms with Gasteiger partial charge in [-0.05, 0) is 35.9 Å². The van der Waals surface area contributed by atoms with Crippen LogP contribution in [0.4, 0.5) is 5.95 Å². The molecule has 5 rings (SSSR count). The van der Waals surface area contributed by atoms with Gasteiger partial charge in [0.15, 0.2) is 0 Å². The lowest BCUT2D eigenvalue weighted by molar-refractivity contribution is 0.0690. The van der Waals surface area contributed by atoms with Gasteiger partial charge in [-0.15, -0.1) is 0 Å². The number of rotatable bonds is 8. The third-order valence-electron chi connectivity index (χ3n) is 5.94. The standard InChI is InChI=1S/C24H26N4O5S/c1-31-18-9-7-17(8-10-18)19-11-12-25-24(26-19)27-20-13-32-23-21(14-33-22(20)23)28-34(29,30)15-16-5-3-2-4-6-16/h2-12,20-23,28H,13-15H2,1H3,(H,25,26,27)/t20-,21-,22+,23+/m0/s1. The zero-order valence-corrected chi connectivity index (χ0v) is 19.4. The minimum atomic E-state index is -3.54. The van der Waals surface area contributed by atoms with Crippen LogP contribution in [0.25, 0.3) is 11.3 Å². The van der Waals surface area contributed by atoms with Crippen molar-refractivity contribution < 1.29 is 22.6 Å². The smallest absolute Gasteiger partial charge is 0.223 e. The van der Waals surface area contributed by atoms with Gasteiger partial charge in [0.05, 0.1) is 43.9 Å². The fourth-order valence-electron chi connectivity index (χ4n) is 4.31. The molecule has 0 spiro atoms. The van der Waals surface area contributed by atoms with E-state index in [-0.39, 0.29) is 30.6 Å². The minimum absolute atomic E-state index is 0.0879. The van der Waals surface area contributed by atoms with Crippen molar-refractivity contribution in [1.82, 2.24) is 14.7 Å². The molecule has 0 amide bonds. The van der Waals surface area contributed by atoms with E-state index in [9.17, 15) is 8.42 Å². The van der Waals surface area contributed by atoms with E-state index in [1.165, 1.54) is 0 Å². The van der Waals surface area contributed by atoms with Gasteiger partial charge in [-0.3, -0.25) is 0 Å². The van der Waals surface area contributed by atoms with Crippen molar-refractivity contribution >= 4 is 16.0 Å². The van der Waals surface area contributed by atoms with Gasteiger partial charge < -0.3 is 19.5 Å². The summed E-state index contributed by atoms with van der Waals surface area (Å²) in [6.45, 7) is 0.608. The Morgan fingerprint density at radius 3 is 2.41 bits per heavy atom. The lowest BCUT2D eigenvalue weighted by Gasteiger charge is -2.18. The molecule has 4 atom stereocenters. The molecule has 0 unspecified atom stereocenters. The SMILES string of the molecule is COc1ccc(-c2ccnc(N[C@H]3CO[C@H]4[C@@H]3OC[C@@H]4NS(=O)(=O)Cc3ccccc3)n2)cc1. The monoisotopic (exact) mass is 482 g/mol. The van der Waals surface area contributed by atoms with Gasteiger partial charge in [-0.2, -0.15) is 0 Å². The molecule has 2 aliphatic rings. The molecular formula is C24H26N4O5S. The summed E-state index contributed by atoms with van der Waals surface area (Å²) in [5.74, 6) is 1.15. The Morgan fingerprint density at radius 2 is 1.68 bits per heavy atom. The first kappa shape index (κ1) is 22.7. The largest absolute Gasteiger partial charge is 0.497 e. The molecule has 1 aromatic heterocycles. The van der Waals surface area contributed by atoms with Crippen molar-refractivity contribution in [2.24, 2.45) is 0 Å². The van der Waals surface area contributed by atoms with Gasteiger partial charge in [-0.25, -0.2) is 23.1 Å². The van der Waals surface area contributed by atoms with Crippen LogP contribution in [0.3, 0.4) is 0 Å². The van der Waals surface area contributed by atoms with E-state index >= 15 is 0 Å². The van der Waals surface area contributed by atoms with E-state index in [2.05, 4.69) is 20.0 Å². The molecule has 2 aromatic carbocycles. The lowest BCUT2D eigenvalue weighted by atomic mass is 10.1. The maximum absolute atomic E-state index is 12.7. The summed E-state index contributed by atoms with van der Waals surface area (Å²) in [4.78, 5) is 8.95. The van der Waals surface area contributed by atoms with Crippen molar-refractivity contribution in [1.29, 1.82) is 0 Å². The number of aromatic nitrogens is 2. The maximum atomic E-state index is 12.7. The van der Waals surface area contributed by atoms with Crippen LogP contribution in [0.5, 0.6) is 5.75 Å². The Labute approximate surface area is 198 Å². The summed E-state index contributed by atoms with van der Waals surface area (Å²) in [5.41, 5.74) is 2.44. The fourth-order valence-corrected chi connectivity index (χ4v) is 5.68. The van der Waals surface area contributed by atoms with Gasteiger partial charge in [-0.1, -0.05) is 30.3 Å². The molecule has 34 heavy (non-hydrogen) atoms. The number of ether oxygens (including phenoxy) is 3. The molecule has 9 nitrogen and oxygen atoms in total. The zero-order valence-electron chi connectivity index (χ0n) is 18.6. The summed E-state index contributed by atoms with van der Waals surface area (Å²) in [5, 5.41) is 3.29. The molecule has 0 aliphatic carbocycles. The Hall–Kier alpha value is -3.05. The second-order valence-corrected chi connectivity index (χ2v) is 10.1. The van der Waals surface area contributed by atoms with Crippen LogP contribution in [0, 0.1) is 0 Å². The average Bonchev–Trinajstić information content (AvgIpc) is 3.43. The normalized spacial score (nSPS) is 24.0. The number of fused-ring (bicyclic) bond motifs is 1. The van der Waals surface area contributed by atoms with Crippen molar-refractivity contribution in [2.45, 2.75) is 30.0 Å². The zero-order chi connectivity index (χ0) is 23.5. The van der Waals surface area contributed by atoms with Crippen LogP contribution in [-0.4, -0.2) is 63.0 Å². The topological polar surface area (TPSA) is 112 Å². The summed E-state index contributed by atoms with van der Waals surface area (Å²) < 4.78 is 45.1. The number of nitrogens with zero attached hydrogens (tertiary/aromatic N) is 2. The number of sulfonamides is 1. The molecular weight excluding hydrogens is 456 g/mol. The lowest BCUT2D eigenvalue weighted by Crippen LogP contribution is -2.45. The minimum Gasteiger partial charge on any atom is -0.497 e. The molecule has 0 radical (unpaired) electrons. The number of nitrogens with one attached hydrogen (secondary N) is 2. The van der Waals surface area contributed by atoms with Crippen molar-refractivity contribution in [2.75, 3.05) is 25.6 Å². The van der Waals surface area contributed by atoms with Crippen molar-refractivity contribution in [3.8, 4) is 17.0 Å². The number of methoxy groups -OCH3 is 1. The van der Waals surface area contributed by atoms with E-state index in [1.54, 1.807) is 25.4 Å². The van der Waals surface area contributed by atoms with Crippen LogP contribution >= 0.6 is 0 Å². The number of hydrogen-bond donors (Lipinski definition) is 2. The van der Waals surface area contributed by atoms with Crippen LogP contribution in [-0.2, 0) is 25.2 Å². The Balaban J connectivity index is 1.22. The van der Waals surface area contributed by atoms with Crippen LogP contribution in [0.1, 0.15) is 5.56 Å². The predicted molar refractivity (Wildman–Crippen MR) is 127 cm³/mol. The Kier molecular flexibility index (Phi) is 6.46. The first-order chi connectivity index (χ1) is 16.5. The highest BCUT2D eigenvalue weighted by atomic mass is 32.2. The molecule has 3 aromatic rings. The highest BCUT2D eigenvalue weighted by molar-refractivity contribution is 7.88. The Bertz CT molecular complexity index is 1220. The van der Waals surface area contributed by atoms with E-state index in [0.29, 0.717) is 12.6 Å². The third kappa shape index (κ3) is 5.05. The van der Waals surface area contributed by atoms with E-state index in [0.717, 1.165) is 22.6 Å². The third-order valence-corrected chi connectivity index (χ3v) is 7.31. The summed E-state index contributed by atoms with van der Waals surface area (Å²) in [6.07, 6.45) is 1.00. The van der Waals surface area contributed by atoms with E-state index < -0.39 is 16.1 Å². The van der Waals surface area contributed by atoms with E-state index in [1.807, 2.05) is 48.5 Å². The van der Waals surface area contributed by atoms with Crippen LogP contribution in [0.15, 0.2) is 66.9 Å². The maximum Gasteiger partial charge on any atom is 0.223 e. The second-order valence-electron chi connectivity index (χ2n) is 8.31. The molecule has 10 heteroatoms. The molecule has 3 heterocycles. The van der Waals surface area contributed by atoms with Crippen LogP contribution in [0.2, 0.25) is 0 Å². The summed E-state index contributed by atoms with van der Waals surface area (Å²) in [6, 6.07) is 17.9. The van der Waals surface area contributed by atoms with Gasteiger partial charge >= 0.3 is 0 Å². The average molecular weight is 483 g/mol. The number of benzene rings is 2. The molecule has 2 N–H and O–H groups in total. The molecule has 2 aliphatic heterocycles. The van der Waals surface area contributed by atoms with E-state index in [4.69, 9.17) is 14.2 Å². The summed E-state index contributed by atoms with van der Waals surface area (Å²) >= 11 is 0. The van der Waals surface area contributed by atoms with Gasteiger partial charge in [0.1, 0.15) is 18.0 Å². The highest BCUT2D eigenvalue weighted by Crippen LogP contribution is 2.29. The first-order valence-electron chi connectivity index (χ1n) is 11.0. The predicted octanol–water partition coefficient (Wildman–Crippen LogP) is 2.22. The summed E-state index contributed by atoms with van der Waals surface area (Å²) in [7, 11) is -1.91. The van der Waals surface area contributed by atoms with Crippen molar-refractivity contribution in [3.05, 3.63) is 72.4 Å². The number of hydrogen-bond acceptors (Lipinski definition) is 8. The van der Waals surface area contributed by atoms with Crippen LogP contribution < -0.4 is 14.8 Å². The van der Waals surface area contributed by atoms with Gasteiger partial charge in [0.25, 0.3) is 0 Å². The van der Waals surface area contributed by atoms with Gasteiger partial charge in [0, 0.05) is 11.8 Å². The molecule has 2 saturated heterocycles. The first-order valence-corrected chi connectivity index (χ1v) is 12.7. The molecule has 2 fully saturated rings. The molecule has 178 valence electrons. The second kappa shape index (κ2) is 9.67. The Morgan fingerprint density at radius 1 is 0.971 bits per heavy atom. The molecule has 0 saturated carbocycles. The number of anilines is 1. The highest BCUT2D eigenvalue weighted by Gasteiger charge is 2.49. The van der Waals surface area contributed by atoms with Crippen molar-refractivity contribution in [3.63, 3.8) is 0 Å². The molecule has 0 bridgehead atoms. The quantitative estimate of drug-likeness (QED) is 0.503. The van der Waals surface area contributed by atoms with Gasteiger partial charge in [0.2, 0.25) is 16.0 Å². The fraction of sp³-hybridized carbons (Fsp3) is 0.333.